The van der Waals surface area contributed by atoms with Gasteiger partial charge in [-0.25, -0.2) is 0 Å². The average molecular weight is 475 g/mol. The van der Waals surface area contributed by atoms with E-state index in [2.05, 4.69) is 15.5 Å². The van der Waals surface area contributed by atoms with Crippen LogP contribution in [0.4, 0.5) is 5.82 Å². The summed E-state index contributed by atoms with van der Waals surface area (Å²) in [6.45, 7) is 7.11. The van der Waals surface area contributed by atoms with Crippen LogP contribution in [-0.2, 0) is 23.4 Å². The smallest absolute Gasteiger partial charge is 0.358 e. The Balaban J connectivity index is 1.36. The lowest BCUT2D eigenvalue weighted by Crippen LogP contribution is -2.57. The Morgan fingerprint density at radius 1 is 1.27 bits per heavy atom. The molecule has 0 aliphatic heterocycles. The zero-order valence-corrected chi connectivity index (χ0v) is 20.2. The van der Waals surface area contributed by atoms with Gasteiger partial charge in [0.15, 0.2) is 5.02 Å². The molecule has 0 saturated heterocycles. The van der Waals surface area contributed by atoms with Gasteiger partial charge in [0, 0.05) is 31.3 Å². The number of amides is 1. The fraction of sp³-hybridized carbons (Fsp3) is 0.696. The molecular formula is C23H31ClN6O3. The van der Waals surface area contributed by atoms with Crippen LogP contribution in [-0.4, -0.2) is 30.4 Å². The number of nitrogens with zero attached hydrogens (tertiary/aromatic N) is 5. The van der Waals surface area contributed by atoms with E-state index >= 15 is 0 Å². The minimum atomic E-state index is -0.502. The van der Waals surface area contributed by atoms with Crippen molar-refractivity contribution in [2.75, 3.05) is 0 Å². The molecule has 4 fully saturated rings. The number of nitrogens with one attached hydrogen (secondary N) is 1. The van der Waals surface area contributed by atoms with Crippen molar-refractivity contribution >= 4 is 23.3 Å². The molecule has 178 valence electrons. The summed E-state index contributed by atoms with van der Waals surface area (Å²) < 4.78 is 3.73. The summed E-state index contributed by atoms with van der Waals surface area (Å²) in [6, 6.07) is 0. The third-order valence-corrected chi connectivity index (χ3v) is 8.63. The maximum Gasteiger partial charge on any atom is 0.408 e. The van der Waals surface area contributed by atoms with E-state index in [1.165, 1.54) is 6.42 Å². The number of hydrogen-bond acceptors (Lipinski definition) is 5. The van der Waals surface area contributed by atoms with Crippen molar-refractivity contribution in [3.8, 4) is 0 Å². The van der Waals surface area contributed by atoms with Crippen LogP contribution in [0.1, 0.15) is 68.8 Å². The first-order valence-electron chi connectivity index (χ1n) is 11.8. The van der Waals surface area contributed by atoms with Crippen LogP contribution >= 0.6 is 11.6 Å². The molecule has 9 nitrogen and oxygen atoms in total. The molecule has 2 heterocycles. The number of aryl methyl sites for hydroxylation is 2. The lowest BCUT2D eigenvalue weighted by Gasteiger charge is -2.61. The molecule has 4 aliphatic rings. The highest BCUT2D eigenvalue weighted by molar-refractivity contribution is 6.33. The SMILES string of the molecule is CCn1cc(CNC(=O)CC23CC4CC(C2)CC(n2nc([N+](=O)[O-])c(Cl)c2C)(C4)C3)c(C)n1. The third kappa shape index (κ3) is 3.74. The van der Waals surface area contributed by atoms with Crippen LogP contribution in [0.25, 0.3) is 0 Å². The quantitative estimate of drug-likeness (QED) is 0.476. The van der Waals surface area contributed by atoms with E-state index < -0.39 is 4.92 Å². The number of rotatable bonds is 7. The van der Waals surface area contributed by atoms with E-state index in [1.54, 1.807) is 0 Å². The van der Waals surface area contributed by atoms with E-state index in [9.17, 15) is 14.9 Å². The first-order valence-corrected chi connectivity index (χ1v) is 12.2. The van der Waals surface area contributed by atoms with Gasteiger partial charge in [-0.3, -0.25) is 9.48 Å². The summed E-state index contributed by atoms with van der Waals surface area (Å²) >= 11 is 6.30. The Bertz CT molecular complexity index is 1110. The van der Waals surface area contributed by atoms with Crippen LogP contribution in [0, 0.1) is 41.2 Å². The summed E-state index contributed by atoms with van der Waals surface area (Å²) in [6.07, 6.45) is 8.48. The number of nitro groups is 1. The van der Waals surface area contributed by atoms with E-state index in [-0.39, 0.29) is 27.7 Å². The van der Waals surface area contributed by atoms with Gasteiger partial charge in [0.05, 0.1) is 22.0 Å². The minimum absolute atomic E-state index is 0.0666. The molecule has 1 amide bonds. The molecule has 2 aromatic heterocycles. The Labute approximate surface area is 198 Å². The van der Waals surface area contributed by atoms with Crippen molar-refractivity contribution in [3.05, 3.63) is 38.3 Å². The van der Waals surface area contributed by atoms with Crippen molar-refractivity contribution in [1.82, 2.24) is 24.9 Å². The van der Waals surface area contributed by atoms with Gasteiger partial charge in [-0.15, -0.1) is 0 Å². The van der Waals surface area contributed by atoms with Crippen molar-refractivity contribution in [1.29, 1.82) is 0 Å². The molecule has 6 rings (SSSR count). The Hall–Kier alpha value is -2.42. The number of aromatic nitrogens is 4. The molecule has 0 aromatic carbocycles. The Morgan fingerprint density at radius 3 is 2.55 bits per heavy atom. The molecule has 2 aromatic rings. The summed E-state index contributed by atoms with van der Waals surface area (Å²) in [5, 5.41) is 23.5. The summed E-state index contributed by atoms with van der Waals surface area (Å²) in [4.78, 5) is 24.0. The average Bonchev–Trinajstić information content (AvgIpc) is 3.24. The second-order valence-corrected chi connectivity index (χ2v) is 11.0. The standard InChI is InChI=1S/C23H31ClN6O3/c1-4-28-12-18(14(2)26-28)11-25-19(31)10-22-6-16-5-17(7-22)9-23(8-16,13-22)29-15(3)20(24)21(27-29)30(32)33/h12,16-17H,4-11,13H2,1-3H3,(H,25,31). The molecule has 4 saturated carbocycles. The largest absolute Gasteiger partial charge is 0.408 e. The van der Waals surface area contributed by atoms with E-state index in [4.69, 9.17) is 11.6 Å². The lowest BCUT2D eigenvalue weighted by atomic mass is 9.46. The predicted octanol–water partition coefficient (Wildman–Crippen LogP) is 4.28. The number of halogens is 1. The van der Waals surface area contributed by atoms with Gasteiger partial charge in [0.2, 0.25) is 5.91 Å². The van der Waals surface area contributed by atoms with Gasteiger partial charge in [0.25, 0.3) is 0 Å². The van der Waals surface area contributed by atoms with Crippen molar-refractivity contribution < 1.29 is 9.72 Å². The Morgan fingerprint density at radius 2 is 1.97 bits per heavy atom. The molecule has 1 N–H and O–H groups in total. The predicted molar refractivity (Wildman–Crippen MR) is 123 cm³/mol. The van der Waals surface area contributed by atoms with Gasteiger partial charge >= 0.3 is 5.82 Å². The highest BCUT2D eigenvalue weighted by Crippen LogP contribution is 2.65. The normalized spacial score (nSPS) is 30.1. The van der Waals surface area contributed by atoms with Gasteiger partial charge in [0.1, 0.15) is 0 Å². The Kier molecular flexibility index (Phi) is 5.30. The first-order chi connectivity index (χ1) is 15.6. The van der Waals surface area contributed by atoms with Gasteiger partial charge in [-0.05, 0) is 81.5 Å². The number of carbonyl (C=O) groups is 1. The van der Waals surface area contributed by atoms with Crippen molar-refractivity contribution in [2.24, 2.45) is 17.3 Å². The fourth-order valence-electron chi connectivity index (χ4n) is 7.39. The molecule has 4 aliphatic carbocycles. The monoisotopic (exact) mass is 474 g/mol. The molecule has 4 bridgehead atoms. The number of carbonyl (C=O) groups excluding carboxylic acids is 1. The van der Waals surface area contributed by atoms with E-state index in [1.807, 2.05) is 36.3 Å². The summed E-state index contributed by atoms with van der Waals surface area (Å²) in [7, 11) is 0. The van der Waals surface area contributed by atoms with E-state index in [0.717, 1.165) is 49.9 Å². The summed E-state index contributed by atoms with van der Waals surface area (Å²) in [5.41, 5.74) is 2.27. The fourth-order valence-corrected chi connectivity index (χ4v) is 7.58. The maximum absolute atomic E-state index is 13.1. The van der Waals surface area contributed by atoms with Crippen LogP contribution in [0.3, 0.4) is 0 Å². The molecule has 33 heavy (non-hydrogen) atoms. The minimum Gasteiger partial charge on any atom is -0.358 e. The van der Waals surface area contributed by atoms with Crippen LogP contribution in [0.15, 0.2) is 6.20 Å². The molecule has 0 spiro atoms. The second-order valence-electron chi connectivity index (χ2n) is 10.6. The molecule has 0 radical (unpaired) electrons. The molecule has 10 heteroatoms. The molecule has 2 unspecified atom stereocenters. The van der Waals surface area contributed by atoms with Gasteiger partial charge < -0.3 is 15.4 Å². The van der Waals surface area contributed by atoms with Crippen molar-refractivity contribution in [2.45, 2.75) is 84.3 Å². The van der Waals surface area contributed by atoms with Crippen LogP contribution < -0.4 is 5.32 Å². The maximum atomic E-state index is 13.1. The highest BCUT2D eigenvalue weighted by atomic mass is 35.5. The zero-order chi connectivity index (χ0) is 23.5. The molecule has 2 atom stereocenters. The number of hydrogen-bond donors (Lipinski definition) is 1. The van der Waals surface area contributed by atoms with Gasteiger partial charge in [-0.1, -0.05) is 11.6 Å². The van der Waals surface area contributed by atoms with Crippen molar-refractivity contribution in [3.63, 3.8) is 0 Å². The van der Waals surface area contributed by atoms with Crippen LogP contribution in [0.5, 0.6) is 0 Å². The topological polar surface area (TPSA) is 108 Å². The third-order valence-electron chi connectivity index (χ3n) is 8.18. The van der Waals surface area contributed by atoms with E-state index in [0.29, 0.717) is 30.5 Å². The van der Waals surface area contributed by atoms with Crippen LogP contribution in [0.2, 0.25) is 5.02 Å². The zero-order valence-electron chi connectivity index (χ0n) is 19.4. The lowest BCUT2D eigenvalue weighted by molar-refractivity contribution is -0.389. The summed E-state index contributed by atoms with van der Waals surface area (Å²) in [5.74, 6) is 0.840. The highest BCUT2D eigenvalue weighted by Gasteiger charge is 2.60. The second kappa shape index (κ2) is 7.82. The first kappa shape index (κ1) is 22.4. The van der Waals surface area contributed by atoms with Gasteiger partial charge in [-0.2, -0.15) is 9.78 Å². The molecular weight excluding hydrogens is 444 g/mol.